The highest BCUT2D eigenvalue weighted by Crippen LogP contribution is 2.39. The number of hydrogen-bond donors (Lipinski definition) is 1. The summed E-state index contributed by atoms with van der Waals surface area (Å²) in [6, 6.07) is 8.79. The Labute approximate surface area is 172 Å². The van der Waals surface area contributed by atoms with Crippen molar-refractivity contribution in [2.24, 2.45) is 5.92 Å². The van der Waals surface area contributed by atoms with Crippen LogP contribution in [0.25, 0.3) is 0 Å². The minimum absolute atomic E-state index is 0.415. The fraction of sp³-hybridized carbons (Fsp3) is 0.545. The monoisotopic (exact) mass is 404 g/mol. The molecule has 1 saturated heterocycles. The van der Waals surface area contributed by atoms with Gasteiger partial charge in [-0.25, -0.2) is 0 Å². The summed E-state index contributed by atoms with van der Waals surface area (Å²) in [7, 11) is 4.95. The number of methoxy groups -OCH3 is 3. The SMILES string of the molecule is COc1ccc(CNCC(c2cccs2)N2CCC(C)CC2)c(OC)c1OC. The lowest BCUT2D eigenvalue weighted by Crippen LogP contribution is -2.40. The molecular weight excluding hydrogens is 372 g/mol. The van der Waals surface area contributed by atoms with Crippen molar-refractivity contribution in [2.75, 3.05) is 41.0 Å². The molecule has 1 aromatic carbocycles. The minimum Gasteiger partial charge on any atom is -0.493 e. The van der Waals surface area contributed by atoms with Crippen molar-refractivity contribution in [3.63, 3.8) is 0 Å². The van der Waals surface area contributed by atoms with Crippen molar-refractivity contribution in [3.8, 4) is 17.2 Å². The standard InChI is InChI=1S/C22H32N2O3S/c1-16-9-11-24(12-10-16)18(20-6-5-13-28-20)15-23-14-17-7-8-19(25-2)22(27-4)21(17)26-3/h5-8,13,16,18,23H,9-12,14-15H2,1-4H3. The lowest BCUT2D eigenvalue weighted by Gasteiger charge is -2.36. The Morgan fingerprint density at radius 1 is 1.07 bits per heavy atom. The zero-order valence-electron chi connectivity index (χ0n) is 17.4. The van der Waals surface area contributed by atoms with Crippen LogP contribution >= 0.6 is 11.3 Å². The van der Waals surface area contributed by atoms with E-state index in [1.165, 1.54) is 30.8 Å². The first-order valence-corrected chi connectivity index (χ1v) is 10.8. The quantitative estimate of drug-likeness (QED) is 0.674. The topological polar surface area (TPSA) is 43.0 Å². The number of nitrogens with one attached hydrogen (secondary N) is 1. The first-order valence-electron chi connectivity index (χ1n) is 9.94. The second-order valence-electron chi connectivity index (χ2n) is 7.37. The van der Waals surface area contributed by atoms with Gasteiger partial charge in [0.15, 0.2) is 11.5 Å². The van der Waals surface area contributed by atoms with Crippen LogP contribution < -0.4 is 19.5 Å². The van der Waals surface area contributed by atoms with Crippen molar-refractivity contribution < 1.29 is 14.2 Å². The number of piperidine rings is 1. The third-order valence-corrected chi connectivity index (χ3v) is 6.54. The van der Waals surface area contributed by atoms with E-state index in [1.54, 1.807) is 21.3 Å². The molecule has 0 amide bonds. The molecule has 5 nitrogen and oxygen atoms in total. The molecule has 0 saturated carbocycles. The molecule has 0 bridgehead atoms. The van der Waals surface area contributed by atoms with Crippen molar-refractivity contribution in [2.45, 2.75) is 32.4 Å². The van der Waals surface area contributed by atoms with E-state index < -0.39 is 0 Å². The lowest BCUT2D eigenvalue weighted by atomic mass is 9.97. The van der Waals surface area contributed by atoms with Gasteiger partial charge in [0.25, 0.3) is 0 Å². The maximum atomic E-state index is 5.61. The molecule has 1 atom stereocenters. The van der Waals surface area contributed by atoms with Gasteiger partial charge in [0.05, 0.1) is 27.4 Å². The van der Waals surface area contributed by atoms with Crippen LogP contribution in [0.3, 0.4) is 0 Å². The number of thiophene rings is 1. The van der Waals surface area contributed by atoms with E-state index in [0.29, 0.717) is 17.5 Å². The first-order chi connectivity index (χ1) is 13.7. The van der Waals surface area contributed by atoms with Gasteiger partial charge < -0.3 is 19.5 Å². The molecule has 28 heavy (non-hydrogen) atoms. The molecule has 1 N–H and O–H groups in total. The van der Waals surface area contributed by atoms with Gasteiger partial charge in [-0.1, -0.05) is 19.1 Å². The summed E-state index contributed by atoms with van der Waals surface area (Å²) >= 11 is 1.85. The minimum atomic E-state index is 0.415. The number of benzene rings is 1. The van der Waals surface area contributed by atoms with Crippen LogP contribution in [0, 0.1) is 5.92 Å². The van der Waals surface area contributed by atoms with E-state index in [1.807, 2.05) is 23.5 Å². The third kappa shape index (κ3) is 4.80. The van der Waals surface area contributed by atoms with Crippen molar-refractivity contribution in [1.29, 1.82) is 0 Å². The van der Waals surface area contributed by atoms with Gasteiger partial charge in [-0.3, -0.25) is 4.90 Å². The number of rotatable bonds is 9. The summed E-state index contributed by atoms with van der Waals surface area (Å²) in [6.45, 7) is 6.33. The van der Waals surface area contributed by atoms with Crippen molar-refractivity contribution >= 4 is 11.3 Å². The summed E-state index contributed by atoms with van der Waals surface area (Å²) in [6.07, 6.45) is 2.57. The van der Waals surface area contributed by atoms with Crippen LogP contribution in [0.15, 0.2) is 29.6 Å². The van der Waals surface area contributed by atoms with E-state index in [-0.39, 0.29) is 0 Å². The summed E-state index contributed by atoms with van der Waals surface area (Å²) < 4.78 is 16.5. The normalized spacial score (nSPS) is 16.7. The molecule has 3 rings (SSSR count). The van der Waals surface area contributed by atoms with E-state index in [4.69, 9.17) is 14.2 Å². The van der Waals surface area contributed by atoms with E-state index in [0.717, 1.165) is 30.3 Å². The second kappa shape index (κ2) is 10.1. The number of hydrogen-bond acceptors (Lipinski definition) is 6. The Bertz CT molecular complexity index is 728. The Morgan fingerprint density at radius 2 is 1.82 bits per heavy atom. The van der Waals surface area contributed by atoms with Gasteiger partial charge in [0, 0.05) is 23.5 Å². The number of likely N-dealkylation sites (tertiary alicyclic amines) is 1. The molecule has 0 aliphatic carbocycles. The Balaban J connectivity index is 1.69. The molecule has 1 unspecified atom stereocenters. The summed E-state index contributed by atoms with van der Waals surface area (Å²) in [5.41, 5.74) is 1.07. The average molecular weight is 405 g/mol. The summed E-state index contributed by atoms with van der Waals surface area (Å²) in [4.78, 5) is 4.06. The van der Waals surface area contributed by atoms with Crippen LogP contribution in [0.4, 0.5) is 0 Å². The average Bonchev–Trinajstić information content (AvgIpc) is 3.25. The van der Waals surface area contributed by atoms with Gasteiger partial charge in [-0.15, -0.1) is 11.3 Å². The van der Waals surface area contributed by atoms with Crippen molar-refractivity contribution in [3.05, 3.63) is 40.1 Å². The van der Waals surface area contributed by atoms with Gasteiger partial charge in [0.2, 0.25) is 5.75 Å². The molecule has 154 valence electrons. The van der Waals surface area contributed by atoms with E-state index in [9.17, 15) is 0 Å². The summed E-state index contributed by atoms with van der Waals surface area (Å²) in [5, 5.41) is 5.82. The number of nitrogens with zero attached hydrogens (tertiary/aromatic N) is 1. The zero-order chi connectivity index (χ0) is 19.9. The molecule has 0 radical (unpaired) electrons. The Morgan fingerprint density at radius 3 is 2.43 bits per heavy atom. The Kier molecular flexibility index (Phi) is 7.59. The Hall–Kier alpha value is -1.76. The first kappa shape index (κ1) is 21.0. The van der Waals surface area contributed by atoms with Crippen LogP contribution in [-0.2, 0) is 6.54 Å². The van der Waals surface area contributed by atoms with E-state index in [2.05, 4.69) is 34.7 Å². The molecule has 1 aliphatic heterocycles. The van der Waals surface area contributed by atoms with Gasteiger partial charge in [-0.05, 0) is 49.4 Å². The van der Waals surface area contributed by atoms with Crippen LogP contribution in [-0.4, -0.2) is 45.9 Å². The largest absolute Gasteiger partial charge is 0.493 e. The molecule has 2 heterocycles. The third-order valence-electron chi connectivity index (χ3n) is 5.57. The molecule has 2 aromatic rings. The fourth-order valence-corrected chi connectivity index (χ4v) is 4.74. The highest BCUT2D eigenvalue weighted by atomic mass is 32.1. The second-order valence-corrected chi connectivity index (χ2v) is 8.35. The highest BCUT2D eigenvalue weighted by Gasteiger charge is 2.25. The predicted molar refractivity (Wildman–Crippen MR) is 115 cm³/mol. The molecule has 0 spiro atoms. The van der Waals surface area contributed by atoms with Crippen molar-refractivity contribution in [1.82, 2.24) is 10.2 Å². The van der Waals surface area contributed by atoms with Crippen LogP contribution in [0.1, 0.15) is 36.2 Å². The maximum Gasteiger partial charge on any atom is 0.203 e. The van der Waals surface area contributed by atoms with Crippen LogP contribution in [0.2, 0.25) is 0 Å². The number of ether oxygens (including phenoxy) is 3. The molecular formula is C22H32N2O3S. The predicted octanol–water partition coefficient (Wildman–Crippen LogP) is 4.34. The maximum absolute atomic E-state index is 5.61. The lowest BCUT2D eigenvalue weighted by molar-refractivity contribution is 0.137. The zero-order valence-corrected chi connectivity index (χ0v) is 18.2. The smallest absolute Gasteiger partial charge is 0.203 e. The van der Waals surface area contributed by atoms with E-state index >= 15 is 0 Å². The molecule has 6 heteroatoms. The molecule has 1 aliphatic rings. The molecule has 1 fully saturated rings. The fourth-order valence-electron chi connectivity index (χ4n) is 3.88. The highest BCUT2D eigenvalue weighted by molar-refractivity contribution is 7.10. The van der Waals surface area contributed by atoms with Gasteiger partial charge in [-0.2, -0.15) is 0 Å². The van der Waals surface area contributed by atoms with Gasteiger partial charge in [0.1, 0.15) is 0 Å². The van der Waals surface area contributed by atoms with Crippen LogP contribution in [0.5, 0.6) is 17.2 Å². The molecule has 1 aromatic heterocycles. The summed E-state index contributed by atoms with van der Waals surface area (Å²) in [5.74, 6) is 2.89. The van der Waals surface area contributed by atoms with Gasteiger partial charge >= 0.3 is 0 Å².